The maximum Gasteiger partial charge on any atom is 0.150 e. The SMILES string of the molecule is O=Cc1cccc2c1CC[C@H](O)[C@@H](CO)OOC2. The fraction of sp³-hybridized carbons (Fsp3) is 0.462. The summed E-state index contributed by atoms with van der Waals surface area (Å²) in [6, 6.07) is 5.38. The molecule has 98 valence electrons. The first-order valence-corrected chi connectivity index (χ1v) is 5.89. The fourth-order valence-corrected chi connectivity index (χ4v) is 2.08. The molecule has 0 radical (unpaired) electrons. The Bertz CT molecular complexity index is 418. The van der Waals surface area contributed by atoms with Gasteiger partial charge in [-0.05, 0) is 24.0 Å². The number of fused-ring (bicyclic) bond motifs is 1. The summed E-state index contributed by atoms with van der Waals surface area (Å²) in [6.45, 7) is -0.113. The molecule has 0 saturated carbocycles. The molecule has 0 amide bonds. The van der Waals surface area contributed by atoms with E-state index in [0.717, 1.165) is 17.4 Å². The second kappa shape index (κ2) is 6.06. The number of rotatable bonds is 2. The van der Waals surface area contributed by atoms with E-state index in [4.69, 9.17) is 14.9 Å². The number of carbonyl (C=O) groups excluding carboxylic acids is 1. The van der Waals surface area contributed by atoms with E-state index in [9.17, 15) is 9.90 Å². The quantitative estimate of drug-likeness (QED) is 0.596. The van der Waals surface area contributed by atoms with Gasteiger partial charge < -0.3 is 10.2 Å². The molecule has 1 aromatic carbocycles. The summed E-state index contributed by atoms with van der Waals surface area (Å²) in [7, 11) is 0. The summed E-state index contributed by atoms with van der Waals surface area (Å²) < 4.78 is 0. The van der Waals surface area contributed by atoms with Crippen molar-refractivity contribution >= 4 is 6.29 Å². The van der Waals surface area contributed by atoms with Gasteiger partial charge in [0.15, 0.2) is 0 Å². The number of aliphatic hydroxyl groups is 2. The van der Waals surface area contributed by atoms with Crippen molar-refractivity contribution in [3.8, 4) is 0 Å². The molecule has 0 bridgehead atoms. The predicted octanol–water partition coefficient (Wildman–Crippen LogP) is 0.615. The van der Waals surface area contributed by atoms with E-state index in [0.29, 0.717) is 18.4 Å². The molecule has 2 rings (SSSR count). The van der Waals surface area contributed by atoms with Crippen molar-refractivity contribution in [1.29, 1.82) is 0 Å². The molecule has 1 aliphatic rings. The lowest BCUT2D eigenvalue weighted by atomic mass is 9.95. The summed E-state index contributed by atoms with van der Waals surface area (Å²) in [6.07, 6.45) is 0.189. The van der Waals surface area contributed by atoms with Gasteiger partial charge >= 0.3 is 0 Å². The first kappa shape index (κ1) is 13.2. The van der Waals surface area contributed by atoms with Crippen LogP contribution in [0.2, 0.25) is 0 Å². The predicted molar refractivity (Wildman–Crippen MR) is 62.9 cm³/mol. The molecule has 0 aliphatic carbocycles. The first-order valence-electron chi connectivity index (χ1n) is 5.89. The molecule has 0 aromatic heterocycles. The Labute approximate surface area is 105 Å². The molecule has 0 saturated heterocycles. The lowest BCUT2D eigenvalue weighted by Crippen LogP contribution is -2.32. The lowest BCUT2D eigenvalue weighted by Gasteiger charge is -2.18. The highest BCUT2D eigenvalue weighted by atomic mass is 17.2. The molecule has 5 nitrogen and oxygen atoms in total. The van der Waals surface area contributed by atoms with Crippen molar-refractivity contribution < 1.29 is 24.8 Å². The largest absolute Gasteiger partial charge is 0.393 e. The Balaban J connectivity index is 2.26. The first-order chi connectivity index (χ1) is 8.76. The minimum absolute atomic E-state index is 0.195. The molecule has 1 aromatic rings. The van der Waals surface area contributed by atoms with Crippen LogP contribution in [0, 0.1) is 0 Å². The number of carbonyl (C=O) groups is 1. The van der Waals surface area contributed by atoms with Crippen LogP contribution in [0.15, 0.2) is 18.2 Å². The van der Waals surface area contributed by atoms with Gasteiger partial charge in [0.05, 0.1) is 12.7 Å². The van der Waals surface area contributed by atoms with E-state index < -0.39 is 12.2 Å². The van der Waals surface area contributed by atoms with E-state index in [1.165, 1.54) is 0 Å². The van der Waals surface area contributed by atoms with E-state index in [2.05, 4.69) is 0 Å². The molecule has 1 heterocycles. The average molecular weight is 252 g/mol. The van der Waals surface area contributed by atoms with Gasteiger partial charge in [0.1, 0.15) is 19.0 Å². The van der Waals surface area contributed by atoms with Gasteiger partial charge in [0.2, 0.25) is 0 Å². The minimum Gasteiger partial charge on any atom is -0.393 e. The zero-order valence-electron chi connectivity index (χ0n) is 9.91. The summed E-state index contributed by atoms with van der Waals surface area (Å²) in [5.74, 6) is 0. The van der Waals surface area contributed by atoms with Crippen LogP contribution in [0.4, 0.5) is 0 Å². The van der Waals surface area contributed by atoms with Crippen LogP contribution in [0.3, 0.4) is 0 Å². The molecule has 2 atom stereocenters. The number of hydrogen-bond acceptors (Lipinski definition) is 5. The van der Waals surface area contributed by atoms with Gasteiger partial charge in [-0.2, -0.15) is 0 Å². The van der Waals surface area contributed by atoms with Gasteiger partial charge in [-0.1, -0.05) is 18.2 Å². The van der Waals surface area contributed by atoms with E-state index in [1.807, 2.05) is 6.07 Å². The number of hydrogen-bond donors (Lipinski definition) is 2. The standard InChI is InChI=1S/C13H16O5/c14-6-9-2-1-3-10-8-17-18-13(7-15)12(16)5-4-11(9)10/h1-3,6,12-13,15-16H,4-5,7-8H2/t12-,13+/m0/s1. The van der Waals surface area contributed by atoms with Crippen LogP contribution in [-0.2, 0) is 22.8 Å². The summed E-state index contributed by atoms with van der Waals surface area (Å²) >= 11 is 0. The molecular weight excluding hydrogens is 236 g/mol. The normalized spacial score (nSPS) is 24.6. The molecule has 0 unspecified atom stereocenters. The zero-order valence-corrected chi connectivity index (χ0v) is 9.91. The van der Waals surface area contributed by atoms with Gasteiger partial charge in [-0.15, -0.1) is 0 Å². The summed E-state index contributed by atoms with van der Waals surface area (Å²) in [5.41, 5.74) is 2.34. The maximum absolute atomic E-state index is 11.0. The van der Waals surface area contributed by atoms with Crippen molar-refractivity contribution in [2.24, 2.45) is 0 Å². The van der Waals surface area contributed by atoms with Crippen molar-refractivity contribution in [2.75, 3.05) is 6.61 Å². The molecular formula is C13H16O5. The van der Waals surface area contributed by atoms with Crippen LogP contribution in [0.25, 0.3) is 0 Å². The van der Waals surface area contributed by atoms with Crippen LogP contribution >= 0.6 is 0 Å². The molecule has 2 N–H and O–H groups in total. The minimum atomic E-state index is -0.819. The van der Waals surface area contributed by atoms with Crippen LogP contribution in [0.1, 0.15) is 27.9 Å². The van der Waals surface area contributed by atoms with Crippen LogP contribution < -0.4 is 0 Å². The Morgan fingerprint density at radius 3 is 3.00 bits per heavy atom. The number of benzene rings is 1. The van der Waals surface area contributed by atoms with Crippen LogP contribution in [0.5, 0.6) is 0 Å². The zero-order chi connectivity index (χ0) is 13.0. The Hall–Kier alpha value is -1.27. The van der Waals surface area contributed by atoms with Crippen LogP contribution in [-0.4, -0.2) is 35.3 Å². The van der Waals surface area contributed by atoms with E-state index in [-0.39, 0.29) is 13.2 Å². The third kappa shape index (κ3) is 2.76. The summed E-state index contributed by atoms with van der Waals surface area (Å²) in [4.78, 5) is 21.0. The second-order valence-electron chi connectivity index (χ2n) is 4.29. The molecule has 0 fully saturated rings. The van der Waals surface area contributed by atoms with Crippen molar-refractivity contribution in [3.05, 3.63) is 34.9 Å². The highest BCUT2D eigenvalue weighted by Crippen LogP contribution is 2.21. The highest BCUT2D eigenvalue weighted by molar-refractivity contribution is 5.77. The third-order valence-corrected chi connectivity index (χ3v) is 3.14. The van der Waals surface area contributed by atoms with Crippen molar-refractivity contribution in [3.63, 3.8) is 0 Å². The molecule has 1 aliphatic heterocycles. The Morgan fingerprint density at radius 2 is 2.28 bits per heavy atom. The molecule has 0 spiro atoms. The smallest absolute Gasteiger partial charge is 0.150 e. The van der Waals surface area contributed by atoms with Crippen molar-refractivity contribution in [1.82, 2.24) is 0 Å². The maximum atomic E-state index is 11.0. The number of aliphatic hydroxyl groups excluding tert-OH is 2. The van der Waals surface area contributed by atoms with Gasteiger partial charge in [0, 0.05) is 5.56 Å². The topological polar surface area (TPSA) is 76.0 Å². The fourth-order valence-electron chi connectivity index (χ4n) is 2.08. The van der Waals surface area contributed by atoms with Gasteiger partial charge in [0.25, 0.3) is 0 Å². The van der Waals surface area contributed by atoms with E-state index >= 15 is 0 Å². The second-order valence-corrected chi connectivity index (χ2v) is 4.29. The van der Waals surface area contributed by atoms with Gasteiger partial charge in [-0.3, -0.25) is 4.79 Å². The van der Waals surface area contributed by atoms with Crippen molar-refractivity contribution in [2.45, 2.75) is 31.7 Å². The Morgan fingerprint density at radius 1 is 1.44 bits per heavy atom. The highest BCUT2D eigenvalue weighted by Gasteiger charge is 2.23. The number of aldehydes is 1. The summed E-state index contributed by atoms with van der Waals surface area (Å²) in [5, 5.41) is 18.9. The molecule has 18 heavy (non-hydrogen) atoms. The van der Waals surface area contributed by atoms with E-state index in [1.54, 1.807) is 12.1 Å². The molecule has 5 heteroatoms. The van der Waals surface area contributed by atoms with Gasteiger partial charge in [-0.25, -0.2) is 9.78 Å². The lowest BCUT2D eigenvalue weighted by molar-refractivity contribution is -0.350. The average Bonchev–Trinajstić information content (AvgIpc) is 2.48. The monoisotopic (exact) mass is 252 g/mol. The Kier molecular flexibility index (Phi) is 4.43. The third-order valence-electron chi connectivity index (χ3n) is 3.14.